The van der Waals surface area contributed by atoms with E-state index >= 15 is 0 Å². The first kappa shape index (κ1) is 25.0. The first-order chi connectivity index (χ1) is 15.8. The van der Waals surface area contributed by atoms with Gasteiger partial charge in [0.25, 0.3) is 0 Å². The number of aryl methyl sites for hydroxylation is 1. The van der Waals surface area contributed by atoms with Crippen molar-refractivity contribution in [2.24, 2.45) is 11.7 Å². The topological polar surface area (TPSA) is 110 Å². The molecule has 1 aromatic heterocycles. The summed E-state index contributed by atoms with van der Waals surface area (Å²) in [6, 6.07) is 10.0. The van der Waals surface area contributed by atoms with Gasteiger partial charge in [0, 0.05) is 44.0 Å². The van der Waals surface area contributed by atoms with Gasteiger partial charge in [0.15, 0.2) is 0 Å². The number of primary amides is 1. The van der Waals surface area contributed by atoms with Crippen LogP contribution in [-0.2, 0) is 4.79 Å². The van der Waals surface area contributed by atoms with Gasteiger partial charge >= 0.3 is 0 Å². The fraction of sp³-hybridized carbons (Fsp3) is 0.542. The van der Waals surface area contributed by atoms with Gasteiger partial charge in [0.2, 0.25) is 5.91 Å². The van der Waals surface area contributed by atoms with Crippen molar-refractivity contribution in [3.05, 3.63) is 30.0 Å². The zero-order chi connectivity index (χ0) is 24.0. The molecule has 3 rings (SSSR count). The summed E-state index contributed by atoms with van der Waals surface area (Å²) in [6.07, 6.45) is 0.578. The number of anilines is 2. The molecule has 1 aromatic carbocycles. The lowest BCUT2D eigenvalue weighted by atomic mass is 10.00. The van der Waals surface area contributed by atoms with Gasteiger partial charge in [0.05, 0.1) is 18.4 Å². The summed E-state index contributed by atoms with van der Waals surface area (Å²) >= 11 is 1.31. The molecule has 2 aromatic rings. The van der Waals surface area contributed by atoms with Crippen LogP contribution < -0.4 is 15.5 Å². The van der Waals surface area contributed by atoms with Gasteiger partial charge in [0.1, 0.15) is 17.6 Å². The maximum Gasteiger partial charge on any atom is 0.240 e. The van der Waals surface area contributed by atoms with Crippen molar-refractivity contribution in [3.8, 4) is 17.2 Å². The maximum absolute atomic E-state index is 12.3. The number of hydrogen-bond donors (Lipinski definition) is 2. The molecular weight excluding hydrogens is 436 g/mol. The molecule has 1 saturated heterocycles. The number of benzene rings is 1. The largest absolute Gasteiger partial charge is 0.395 e. The highest BCUT2D eigenvalue weighted by Gasteiger charge is 2.29. The molecule has 3 N–H and O–H groups in total. The Morgan fingerprint density at radius 1 is 1.27 bits per heavy atom. The van der Waals surface area contributed by atoms with E-state index in [2.05, 4.69) is 44.5 Å². The SMILES string of the molecule is Cc1nsc(N(CC#N)[C@@H](CC(C)C)C(N)=O)c1-c1ccc(N2CCN(CCO)CC2)cc1. The number of aliphatic hydroxyl groups excluding tert-OH is 1. The van der Waals surface area contributed by atoms with Crippen molar-refractivity contribution < 1.29 is 9.90 Å². The summed E-state index contributed by atoms with van der Waals surface area (Å²) in [6.45, 7) is 10.8. The normalized spacial score (nSPS) is 15.5. The van der Waals surface area contributed by atoms with Gasteiger partial charge in [-0.2, -0.15) is 9.64 Å². The number of aromatic nitrogens is 1. The Kier molecular flexibility index (Phi) is 8.67. The predicted octanol–water partition coefficient (Wildman–Crippen LogP) is 2.46. The number of hydrogen-bond acceptors (Lipinski definition) is 8. The van der Waals surface area contributed by atoms with E-state index in [-0.39, 0.29) is 19.1 Å². The van der Waals surface area contributed by atoms with E-state index in [1.807, 2.05) is 25.7 Å². The van der Waals surface area contributed by atoms with Gasteiger partial charge in [-0.15, -0.1) is 0 Å². The van der Waals surface area contributed by atoms with Crippen LogP contribution in [-0.4, -0.2) is 72.2 Å². The second kappa shape index (κ2) is 11.5. The van der Waals surface area contributed by atoms with Crippen molar-refractivity contribution in [2.45, 2.75) is 33.2 Å². The molecule has 1 amide bonds. The van der Waals surface area contributed by atoms with Crippen molar-refractivity contribution in [1.29, 1.82) is 5.26 Å². The molecule has 9 heteroatoms. The first-order valence-corrected chi connectivity index (χ1v) is 12.2. The molecule has 0 saturated carbocycles. The minimum Gasteiger partial charge on any atom is -0.395 e. The van der Waals surface area contributed by atoms with Crippen molar-refractivity contribution in [2.75, 3.05) is 55.7 Å². The van der Waals surface area contributed by atoms with E-state index in [1.54, 1.807) is 0 Å². The van der Waals surface area contributed by atoms with E-state index in [0.717, 1.165) is 60.2 Å². The number of nitriles is 1. The lowest BCUT2D eigenvalue weighted by molar-refractivity contribution is -0.119. The molecular formula is C24H34N6O2S. The van der Waals surface area contributed by atoms with Gasteiger partial charge in [-0.25, -0.2) is 0 Å². The summed E-state index contributed by atoms with van der Waals surface area (Å²) < 4.78 is 4.56. The number of piperazine rings is 1. The second-order valence-electron chi connectivity index (χ2n) is 8.88. The average Bonchev–Trinajstić information content (AvgIpc) is 3.18. The molecule has 178 valence electrons. The maximum atomic E-state index is 12.3. The molecule has 33 heavy (non-hydrogen) atoms. The quantitative estimate of drug-likeness (QED) is 0.513. The Labute approximate surface area is 200 Å². The van der Waals surface area contributed by atoms with Crippen LogP contribution >= 0.6 is 11.5 Å². The smallest absolute Gasteiger partial charge is 0.240 e. The van der Waals surface area contributed by atoms with E-state index in [4.69, 9.17) is 10.8 Å². The zero-order valence-electron chi connectivity index (χ0n) is 19.7. The molecule has 1 atom stereocenters. The average molecular weight is 471 g/mol. The summed E-state index contributed by atoms with van der Waals surface area (Å²) in [7, 11) is 0. The third-order valence-electron chi connectivity index (χ3n) is 6.06. The summed E-state index contributed by atoms with van der Waals surface area (Å²) in [4.78, 5) is 18.7. The number of aliphatic hydroxyl groups is 1. The molecule has 1 fully saturated rings. The van der Waals surface area contributed by atoms with Gasteiger partial charge in [-0.3, -0.25) is 9.69 Å². The van der Waals surface area contributed by atoms with Crippen LogP contribution in [0.3, 0.4) is 0 Å². The van der Waals surface area contributed by atoms with Crippen molar-refractivity contribution in [3.63, 3.8) is 0 Å². The van der Waals surface area contributed by atoms with Crippen LogP contribution in [0.5, 0.6) is 0 Å². The van der Waals surface area contributed by atoms with Crippen LogP contribution in [0, 0.1) is 24.2 Å². The van der Waals surface area contributed by atoms with E-state index in [9.17, 15) is 10.1 Å². The van der Waals surface area contributed by atoms with Crippen LogP contribution in [0.4, 0.5) is 10.7 Å². The minimum absolute atomic E-state index is 0.0746. The monoisotopic (exact) mass is 470 g/mol. The third-order valence-corrected chi connectivity index (χ3v) is 7.03. The molecule has 2 heterocycles. The Bertz CT molecular complexity index is 960. The number of amides is 1. The number of carbonyl (C=O) groups is 1. The Morgan fingerprint density at radius 3 is 2.48 bits per heavy atom. The summed E-state index contributed by atoms with van der Waals surface area (Å²) in [5, 5.41) is 19.4. The molecule has 8 nitrogen and oxygen atoms in total. The predicted molar refractivity (Wildman–Crippen MR) is 133 cm³/mol. The number of nitrogens with two attached hydrogens (primary N) is 1. The molecule has 0 bridgehead atoms. The first-order valence-electron chi connectivity index (χ1n) is 11.4. The van der Waals surface area contributed by atoms with E-state index < -0.39 is 11.9 Å². The lowest BCUT2D eigenvalue weighted by Crippen LogP contribution is -2.47. The van der Waals surface area contributed by atoms with E-state index in [0.29, 0.717) is 6.42 Å². The third kappa shape index (κ3) is 6.02. The highest BCUT2D eigenvalue weighted by Crippen LogP contribution is 2.39. The molecule has 0 aliphatic carbocycles. The molecule has 1 aliphatic heterocycles. The number of β-amino-alcohol motifs (C(OH)–C–C–N with tert-alkyl or cyclic N) is 1. The van der Waals surface area contributed by atoms with Gasteiger partial charge < -0.3 is 20.6 Å². The molecule has 0 spiro atoms. The molecule has 0 radical (unpaired) electrons. The molecule has 0 unspecified atom stereocenters. The van der Waals surface area contributed by atoms with Crippen LogP contribution in [0.2, 0.25) is 0 Å². The van der Waals surface area contributed by atoms with E-state index in [1.165, 1.54) is 11.5 Å². The second-order valence-corrected chi connectivity index (χ2v) is 9.63. The van der Waals surface area contributed by atoms with Crippen LogP contribution in [0.1, 0.15) is 26.0 Å². The fourth-order valence-electron chi connectivity index (χ4n) is 4.34. The van der Waals surface area contributed by atoms with Gasteiger partial charge in [-0.1, -0.05) is 26.0 Å². The fourth-order valence-corrected chi connectivity index (χ4v) is 5.31. The number of rotatable bonds is 10. The van der Waals surface area contributed by atoms with Crippen LogP contribution in [0.15, 0.2) is 24.3 Å². The highest BCUT2D eigenvalue weighted by molar-refractivity contribution is 7.11. The zero-order valence-corrected chi connectivity index (χ0v) is 20.5. The standard InChI is InChI=1S/C24H34N6O2S/c1-17(2)16-21(23(26)32)30(9-8-25)24-22(18(3)27-33-24)19-4-6-20(7-5-19)29-12-10-28(11-13-29)14-15-31/h4-7,17,21,31H,9-16H2,1-3H3,(H2,26,32)/t21-/m0/s1. The number of carbonyl (C=O) groups excluding carboxylic acids is 1. The Balaban J connectivity index is 1.86. The Hall–Kier alpha value is -2.67. The van der Waals surface area contributed by atoms with Gasteiger partial charge in [-0.05, 0) is 48.5 Å². The minimum atomic E-state index is -0.558. The molecule has 1 aliphatic rings. The summed E-state index contributed by atoms with van der Waals surface area (Å²) in [5.41, 5.74) is 9.74. The highest BCUT2D eigenvalue weighted by atomic mass is 32.1. The van der Waals surface area contributed by atoms with Crippen molar-refractivity contribution in [1.82, 2.24) is 9.27 Å². The lowest BCUT2D eigenvalue weighted by Gasteiger charge is -2.35. The van der Waals surface area contributed by atoms with Crippen molar-refractivity contribution >= 4 is 28.1 Å². The number of nitrogens with zero attached hydrogens (tertiary/aromatic N) is 5. The Morgan fingerprint density at radius 2 is 1.94 bits per heavy atom. The van der Waals surface area contributed by atoms with Crippen LogP contribution in [0.25, 0.3) is 11.1 Å². The summed E-state index contributed by atoms with van der Waals surface area (Å²) in [5.74, 6) is -0.162.